The summed E-state index contributed by atoms with van der Waals surface area (Å²) in [6.45, 7) is 1.87. The second-order valence-electron chi connectivity index (χ2n) is 5.53. The largest absolute Gasteiger partial charge is 0.280 e. The molecule has 1 aromatic heterocycles. The molecule has 2 aromatic carbocycles. The molecule has 26 heavy (non-hydrogen) atoms. The van der Waals surface area contributed by atoms with Gasteiger partial charge in [-0.25, -0.2) is 16.8 Å². The first-order valence-corrected chi connectivity index (χ1v) is 11.4. The van der Waals surface area contributed by atoms with E-state index >= 15 is 0 Å². The molecule has 0 spiro atoms. The zero-order valence-corrected chi connectivity index (χ0v) is 16.2. The van der Waals surface area contributed by atoms with E-state index in [-0.39, 0.29) is 15.5 Å². The molecular formula is C17H16N2O4S3. The molecule has 0 radical (unpaired) electrons. The number of hydrogen-bond acceptors (Lipinski definition) is 5. The maximum atomic E-state index is 12.4. The Morgan fingerprint density at radius 3 is 1.81 bits per heavy atom. The Labute approximate surface area is 156 Å². The van der Waals surface area contributed by atoms with Gasteiger partial charge in [0.05, 0.1) is 9.79 Å². The molecule has 0 amide bonds. The number of sulfonamides is 2. The van der Waals surface area contributed by atoms with Gasteiger partial charge in [0, 0.05) is 5.69 Å². The predicted octanol–water partition coefficient (Wildman–Crippen LogP) is 3.66. The maximum absolute atomic E-state index is 12.4. The summed E-state index contributed by atoms with van der Waals surface area (Å²) < 4.78 is 54.2. The Kier molecular flexibility index (Phi) is 5.03. The van der Waals surface area contributed by atoms with Crippen molar-refractivity contribution >= 4 is 42.1 Å². The quantitative estimate of drug-likeness (QED) is 0.651. The standard InChI is InChI=1S/C17H16N2O4S3/c1-13-4-8-15(9-5-13)25(20,21)18-14-6-10-16(11-7-14)26(22,23)19-17-3-2-12-24-17/h2-12,18-19H,1H3. The lowest BCUT2D eigenvalue weighted by atomic mass is 10.2. The van der Waals surface area contributed by atoms with Crippen molar-refractivity contribution in [3.63, 3.8) is 0 Å². The van der Waals surface area contributed by atoms with Crippen LogP contribution in [0.15, 0.2) is 75.8 Å². The molecule has 1 heterocycles. The number of nitrogens with one attached hydrogen (secondary N) is 2. The zero-order valence-electron chi connectivity index (χ0n) is 13.7. The van der Waals surface area contributed by atoms with Crippen molar-refractivity contribution in [3.05, 3.63) is 71.6 Å². The number of hydrogen-bond donors (Lipinski definition) is 2. The molecule has 136 valence electrons. The summed E-state index contributed by atoms with van der Waals surface area (Å²) in [4.78, 5) is 0.184. The summed E-state index contributed by atoms with van der Waals surface area (Å²) in [6.07, 6.45) is 0. The molecule has 2 N–H and O–H groups in total. The lowest BCUT2D eigenvalue weighted by Crippen LogP contribution is -2.14. The highest BCUT2D eigenvalue weighted by Gasteiger charge is 2.17. The monoisotopic (exact) mass is 408 g/mol. The van der Waals surface area contributed by atoms with E-state index in [1.807, 2.05) is 6.92 Å². The first-order valence-electron chi connectivity index (χ1n) is 7.52. The Morgan fingerprint density at radius 2 is 1.27 bits per heavy atom. The molecule has 0 atom stereocenters. The van der Waals surface area contributed by atoms with Gasteiger partial charge < -0.3 is 0 Å². The van der Waals surface area contributed by atoms with Gasteiger partial charge >= 0.3 is 0 Å². The van der Waals surface area contributed by atoms with Crippen LogP contribution in [0, 0.1) is 6.92 Å². The van der Waals surface area contributed by atoms with E-state index in [1.54, 1.807) is 29.6 Å². The van der Waals surface area contributed by atoms with E-state index in [4.69, 9.17) is 0 Å². The van der Waals surface area contributed by atoms with Crippen molar-refractivity contribution in [2.24, 2.45) is 0 Å². The van der Waals surface area contributed by atoms with Gasteiger partial charge in [-0.2, -0.15) is 0 Å². The van der Waals surface area contributed by atoms with E-state index < -0.39 is 20.0 Å². The minimum atomic E-state index is -3.73. The molecule has 0 saturated carbocycles. The fourth-order valence-corrected chi connectivity index (χ4v) is 5.15. The third kappa shape index (κ3) is 4.24. The minimum absolute atomic E-state index is 0.0455. The highest BCUT2D eigenvalue weighted by molar-refractivity contribution is 7.93. The van der Waals surface area contributed by atoms with Crippen LogP contribution in [0.3, 0.4) is 0 Å². The van der Waals surface area contributed by atoms with Gasteiger partial charge in [0.2, 0.25) is 0 Å². The van der Waals surface area contributed by atoms with Crippen molar-refractivity contribution in [2.45, 2.75) is 16.7 Å². The molecule has 0 bridgehead atoms. The van der Waals surface area contributed by atoms with Crippen molar-refractivity contribution in [2.75, 3.05) is 9.44 Å². The van der Waals surface area contributed by atoms with Gasteiger partial charge in [-0.3, -0.25) is 9.44 Å². The molecule has 0 fully saturated rings. The molecule has 0 aliphatic carbocycles. The molecule has 6 nitrogen and oxygen atoms in total. The van der Waals surface area contributed by atoms with Gasteiger partial charge in [-0.1, -0.05) is 17.7 Å². The Balaban J connectivity index is 1.78. The molecule has 0 unspecified atom stereocenters. The van der Waals surface area contributed by atoms with E-state index in [1.165, 1.54) is 47.7 Å². The van der Waals surface area contributed by atoms with Crippen LogP contribution < -0.4 is 9.44 Å². The summed E-state index contributed by atoms with van der Waals surface area (Å²) in [7, 11) is -7.45. The van der Waals surface area contributed by atoms with Crippen molar-refractivity contribution < 1.29 is 16.8 Å². The second kappa shape index (κ2) is 7.10. The fraction of sp³-hybridized carbons (Fsp3) is 0.0588. The highest BCUT2D eigenvalue weighted by atomic mass is 32.2. The molecule has 9 heteroatoms. The SMILES string of the molecule is Cc1ccc(S(=O)(=O)Nc2ccc(S(=O)(=O)Nc3cccs3)cc2)cc1. The lowest BCUT2D eigenvalue weighted by molar-refractivity contribution is 0.600. The highest BCUT2D eigenvalue weighted by Crippen LogP contribution is 2.22. The summed E-state index contributed by atoms with van der Waals surface area (Å²) in [5, 5.41) is 2.27. The van der Waals surface area contributed by atoms with Crippen LogP contribution in [0.25, 0.3) is 0 Å². The minimum Gasteiger partial charge on any atom is -0.280 e. The molecular weight excluding hydrogens is 392 g/mol. The molecule has 0 aliphatic rings. The van der Waals surface area contributed by atoms with Gasteiger partial charge in [0.15, 0.2) is 0 Å². The summed E-state index contributed by atoms with van der Waals surface area (Å²) in [5.41, 5.74) is 1.23. The van der Waals surface area contributed by atoms with Crippen LogP contribution in [0.2, 0.25) is 0 Å². The Morgan fingerprint density at radius 1 is 0.731 bits per heavy atom. The number of benzene rings is 2. The molecule has 3 aromatic rings. The fourth-order valence-electron chi connectivity index (χ4n) is 2.16. The van der Waals surface area contributed by atoms with Gasteiger partial charge in [-0.05, 0) is 60.8 Å². The van der Waals surface area contributed by atoms with Crippen LogP contribution in [-0.2, 0) is 20.0 Å². The smallest absolute Gasteiger partial charge is 0.262 e. The Hall–Kier alpha value is -2.36. The van der Waals surface area contributed by atoms with E-state index in [0.29, 0.717) is 5.00 Å². The third-order valence-corrected chi connectivity index (χ3v) is 7.20. The Bertz CT molecular complexity index is 1090. The number of rotatable bonds is 6. The first-order chi connectivity index (χ1) is 12.3. The normalized spacial score (nSPS) is 11.9. The lowest BCUT2D eigenvalue weighted by Gasteiger charge is -2.10. The summed E-state index contributed by atoms with van der Waals surface area (Å²) >= 11 is 1.27. The van der Waals surface area contributed by atoms with Crippen molar-refractivity contribution in [3.8, 4) is 0 Å². The summed E-state index contributed by atoms with van der Waals surface area (Å²) in [6, 6.07) is 15.4. The van der Waals surface area contributed by atoms with Crippen LogP contribution in [0.1, 0.15) is 5.56 Å². The number of anilines is 2. The van der Waals surface area contributed by atoms with Crippen LogP contribution in [0.5, 0.6) is 0 Å². The van der Waals surface area contributed by atoms with Crippen LogP contribution in [-0.4, -0.2) is 16.8 Å². The van der Waals surface area contributed by atoms with E-state index in [0.717, 1.165) is 5.56 Å². The average molecular weight is 409 g/mol. The van der Waals surface area contributed by atoms with E-state index in [9.17, 15) is 16.8 Å². The zero-order chi connectivity index (χ0) is 18.8. The second-order valence-corrected chi connectivity index (χ2v) is 9.84. The van der Waals surface area contributed by atoms with Gasteiger partial charge in [-0.15, -0.1) is 11.3 Å². The van der Waals surface area contributed by atoms with Crippen LogP contribution in [0.4, 0.5) is 10.7 Å². The number of thiophene rings is 1. The molecule has 0 saturated heterocycles. The number of aryl methyl sites for hydroxylation is 1. The molecule has 0 aliphatic heterocycles. The first kappa shape index (κ1) is 18.4. The molecule has 3 rings (SSSR count). The van der Waals surface area contributed by atoms with Gasteiger partial charge in [0.1, 0.15) is 5.00 Å². The van der Waals surface area contributed by atoms with Crippen molar-refractivity contribution in [1.82, 2.24) is 0 Å². The maximum Gasteiger partial charge on any atom is 0.262 e. The third-order valence-electron chi connectivity index (χ3n) is 3.50. The summed E-state index contributed by atoms with van der Waals surface area (Å²) in [5.74, 6) is 0. The van der Waals surface area contributed by atoms with E-state index in [2.05, 4.69) is 9.44 Å². The average Bonchev–Trinajstić information content (AvgIpc) is 3.07. The van der Waals surface area contributed by atoms with Gasteiger partial charge in [0.25, 0.3) is 20.0 Å². The van der Waals surface area contributed by atoms with Crippen molar-refractivity contribution in [1.29, 1.82) is 0 Å². The predicted molar refractivity (Wildman–Crippen MR) is 104 cm³/mol. The topological polar surface area (TPSA) is 92.3 Å². The van der Waals surface area contributed by atoms with Crippen LogP contribution >= 0.6 is 11.3 Å².